The molecule has 88 valence electrons. The molecule has 0 amide bonds. The fourth-order valence-electron chi connectivity index (χ4n) is 1.73. The smallest absolute Gasteiger partial charge is 0.307 e. The predicted octanol–water partition coefficient (Wildman–Crippen LogP) is 2.12. The molecule has 0 radical (unpaired) electrons. The van der Waals surface area contributed by atoms with Gasteiger partial charge in [-0.25, -0.2) is 4.68 Å². The third kappa shape index (κ3) is 2.53. The molecule has 1 heterocycles. The van der Waals surface area contributed by atoms with Crippen molar-refractivity contribution in [3.8, 4) is 5.69 Å². The van der Waals surface area contributed by atoms with Crippen molar-refractivity contribution in [3.63, 3.8) is 0 Å². The van der Waals surface area contributed by atoms with E-state index >= 15 is 0 Å². The van der Waals surface area contributed by atoms with Crippen LogP contribution in [0.1, 0.15) is 16.8 Å². The van der Waals surface area contributed by atoms with Crippen LogP contribution in [0.2, 0.25) is 0 Å². The Balaban J connectivity index is 2.37. The Kier molecular flexibility index (Phi) is 2.95. The van der Waals surface area contributed by atoms with E-state index in [-0.39, 0.29) is 6.42 Å². The second kappa shape index (κ2) is 4.41. The highest BCUT2D eigenvalue weighted by molar-refractivity contribution is 5.70. The summed E-state index contributed by atoms with van der Waals surface area (Å²) in [5.41, 5.74) is 3.60. The minimum atomic E-state index is -0.836. The highest BCUT2D eigenvalue weighted by Gasteiger charge is 2.09. The van der Waals surface area contributed by atoms with Gasteiger partial charge in [-0.1, -0.05) is 12.1 Å². The van der Waals surface area contributed by atoms with Crippen LogP contribution in [0.15, 0.2) is 30.5 Å². The minimum absolute atomic E-state index is 0.0116. The summed E-state index contributed by atoms with van der Waals surface area (Å²) in [7, 11) is 0. The Morgan fingerprint density at radius 1 is 1.41 bits per heavy atom. The van der Waals surface area contributed by atoms with Gasteiger partial charge in [0.05, 0.1) is 17.8 Å². The third-order valence-electron chi connectivity index (χ3n) is 2.61. The molecule has 2 rings (SSSR count). The van der Waals surface area contributed by atoms with Gasteiger partial charge in [-0.3, -0.25) is 4.79 Å². The molecule has 0 saturated carbocycles. The van der Waals surface area contributed by atoms with Gasteiger partial charge in [-0.15, -0.1) is 0 Å². The number of aromatic nitrogens is 2. The maximum atomic E-state index is 10.7. The number of hydrogen-bond acceptors (Lipinski definition) is 2. The van der Waals surface area contributed by atoms with Crippen LogP contribution in [0.3, 0.4) is 0 Å². The Morgan fingerprint density at radius 2 is 2.18 bits per heavy atom. The van der Waals surface area contributed by atoms with Crippen LogP contribution < -0.4 is 0 Å². The number of nitrogens with zero attached hydrogens (tertiary/aromatic N) is 2. The van der Waals surface area contributed by atoms with Crippen molar-refractivity contribution in [3.05, 3.63) is 47.3 Å². The quantitative estimate of drug-likeness (QED) is 0.878. The van der Waals surface area contributed by atoms with Gasteiger partial charge < -0.3 is 5.11 Å². The van der Waals surface area contributed by atoms with E-state index in [0.29, 0.717) is 0 Å². The minimum Gasteiger partial charge on any atom is -0.481 e. The summed E-state index contributed by atoms with van der Waals surface area (Å²) in [5, 5.41) is 13.1. The average Bonchev–Trinajstić information content (AvgIpc) is 2.59. The molecule has 0 aliphatic heterocycles. The van der Waals surface area contributed by atoms with Gasteiger partial charge in [0.15, 0.2) is 0 Å². The number of carboxylic acids is 1. The molecule has 2 aromatic rings. The lowest BCUT2D eigenvalue weighted by molar-refractivity contribution is -0.136. The van der Waals surface area contributed by atoms with Crippen LogP contribution in [-0.2, 0) is 11.2 Å². The van der Waals surface area contributed by atoms with Crippen LogP contribution in [0.5, 0.6) is 0 Å². The summed E-state index contributed by atoms with van der Waals surface area (Å²) in [4.78, 5) is 10.7. The van der Waals surface area contributed by atoms with Crippen molar-refractivity contribution in [2.75, 3.05) is 0 Å². The van der Waals surface area contributed by atoms with Crippen LogP contribution >= 0.6 is 0 Å². The predicted molar refractivity (Wildman–Crippen MR) is 64.4 cm³/mol. The van der Waals surface area contributed by atoms with E-state index in [1.165, 1.54) is 0 Å². The van der Waals surface area contributed by atoms with E-state index in [0.717, 1.165) is 22.5 Å². The van der Waals surface area contributed by atoms with E-state index in [1.807, 2.05) is 38.1 Å². The molecule has 0 bridgehead atoms. The summed E-state index contributed by atoms with van der Waals surface area (Å²) < 4.78 is 1.72. The van der Waals surface area contributed by atoms with E-state index in [9.17, 15) is 4.79 Å². The molecule has 17 heavy (non-hydrogen) atoms. The SMILES string of the molecule is Cc1cccc(-n2cc(CC(=O)O)c(C)n2)c1. The number of hydrogen-bond donors (Lipinski definition) is 1. The van der Waals surface area contributed by atoms with Crippen molar-refractivity contribution in [2.45, 2.75) is 20.3 Å². The van der Waals surface area contributed by atoms with Crippen LogP contribution in [0.4, 0.5) is 0 Å². The summed E-state index contributed by atoms with van der Waals surface area (Å²) in [6.45, 7) is 3.84. The molecular weight excluding hydrogens is 216 g/mol. The zero-order valence-electron chi connectivity index (χ0n) is 9.84. The number of carbonyl (C=O) groups is 1. The fourth-order valence-corrected chi connectivity index (χ4v) is 1.73. The first-order valence-electron chi connectivity index (χ1n) is 5.40. The number of benzene rings is 1. The maximum absolute atomic E-state index is 10.7. The molecule has 4 heteroatoms. The monoisotopic (exact) mass is 230 g/mol. The van der Waals surface area contributed by atoms with Gasteiger partial charge in [0.2, 0.25) is 0 Å². The molecular formula is C13H14N2O2. The van der Waals surface area contributed by atoms with Crippen molar-refractivity contribution in [2.24, 2.45) is 0 Å². The molecule has 1 aromatic carbocycles. The number of aliphatic carboxylic acids is 1. The van der Waals surface area contributed by atoms with Crippen molar-refractivity contribution < 1.29 is 9.90 Å². The van der Waals surface area contributed by atoms with Crippen molar-refractivity contribution in [1.82, 2.24) is 9.78 Å². The summed E-state index contributed by atoms with van der Waals surface area (Å²) in [5.74, 6) is -0.836. The summed E-state index contributed by atoms with van der Waals surface area (Å²) >= 11 is 0. The molecule has 0 unspecified atom stereocenters. The number of carboxylic acid groups (broad SMARTS) is 1. The lowest BCUT2D eigenvalue weighted by Crippen LogP contribution is -2.00. The number of rotatable bonds is 3. The molecule has 1 aromatic heterocycles. The average molecular weight is 230 g/mol. The molecule has 0 atom stereocenters. The van der Waals surface area contributed by atoms with Gasteiger partial charge >= 0.3 is 5.97 Å². The first kappa shape index (κ1) is 11.4. The number of aryl methyl sites for hydroxylation is 2. The zero-order valence-corrected chi connectivity index (χ0v) is 9.84. The molecule has 1 N–H and O–H groups in total. The highest BCUT2D eigenvalue weighted by atomic mass is 16.4. The van der Waals surface area contributed by atoms with E-state index in [1.54, 1.807) is 10.9 Å². The molecule has 0 fully saturated rings. The second-order valence-corrected chi connectivity index (χ2v) is 4.09. The topological polar surface area (TPSA) is 55.1 Å². The third-order valence-corrected chi connectivity index (χ3v) is 2.61. The Labute approximate surface area is 99.5 Å². The van der Waals surface area contributed by atoms with Gasteiger partial charge in [0.25, 0.3) is 0 Å². The maximum Gasteiger partial charge on any atom is 0.307 e. The summed E-state index contributed by atoms with van der Waals surface area (Å²) in [6.07, 6.45) is 1.79. The Bertz CT molecular complexity index is 558. The van der Waals surface area contributed by atoms with Crippen LogP contribution in [0.25, 0.3) is 5.69 Å². The molecule has 0 aliphatic rings. The fraction of sp³-hybridized carbons (Fsp3) is 0.231. The highest BCUT2D eigenvalue weighted by Crippen LogP contribution is 2.13. The zero-order chi connectivity index (χ0) is 12.4. The normalized spacial score (nSPS) is 10.5. The van der Waals surface area contributed by atoms with Gasteiger partial charge in [-0.05, 0) is 31.5 Å². The van der Waals surface area contributed by atoms with E-state index < -0.39 is 5.97 Å². The van der Waals surface area contributed by atoms with Crippen LogP contribution in [0, 0.1) is 13.8 Å². The van der Waals surface area contributed by atoms with E-state index in [4.69, 9.17) is 5.11 Å². The van der Waals surface area contributed by atoms with Gasteiger partial charge in [0, 0.05) is 11.8 Å². The molecule has 4 nitrogen and oxygen atoms in total. The lowest BCUT2D eigenvalue weighted by atomic mass is 10.2. The van der Waals surface area contributed by atoms with Crippen molar-refractivity contribution in [1.29, 1.82) is 0 Å². The molecule has 0 saturated heterocycles. The lowest BCUT2D eigenvalue weighted by Gasteiger charge is -2.01. The first-order chi connectivity index (χ1) is 8.06. The molecule has 0 aliphatic carbocycles. The second-order valence-electron chi connectivity index (χ2n) is 4.09. The van der Waals surface area contributed by atoms with Gasteiger partial charge in [0.1, 0.15) is 0 Å². The standard InChI is InChI=1S/C13H14N2O2/c1-9-4-3-5-12(6-9)15-8-11(7-13(16)17)10(2)14-15/h3-6,8H,7H2,1-2H3,(H,16,17). The van der Waals surface area contributed by atoms with E-state index in [2.05, 4.69) is 5.10 Å². The Morgan fingerprint density at radius 3 is 2.82 bits per heavy atom. The first-order valence-corrected chi connectivity index (χ1v) is 5.40. The van der Waals surface area contributed by atoms with Gasteiger partial charge in [-0.2, -0.15) is 5.10 Å². The van der Waals surface area contributed by atoms with Crippen LogP contribution in [-0.4, -0.2) is 20.9 Å². The Hall–Kier alpha value is -2.10. The van der Waals surface area contributed by atoms with Crippen molar-refractivity contribution >= 4 is 5.97 Å². The molecule has 0 spiro atoms. The summed E-state index contributed by atoms with van der Waals surface area (Å²) in [6, 6.07) is 7.93. The largest absolute Gasteiger partial charge is 0.481 e.